The molecule has 0 aliphatic heterocycles. The van der Waals surface area contributed by atoms with Gasteiger partial charge in [0.15, 0.2) is 0 Å². The lowest BCUT2D eigenvalue weighted by Gasteiger charge is -2.22. The second kappa shape index (κ2) is 4.53. The van der Waals surface area contributed by atoms with Crippen molar-refractivity contribution in [2.45, 2.75) is 13.0 Å². The topological polar surface area (TPSA) is 23.5 Å². The van der Waals surface area contributed by atoms with Crippen LogP contribution in [0.5, 0.6) is 0 Å². The summed E-state index contributed by atoms with van der Waals surface area (Å²) in [5.41, 5.74) is 1.55. The van der Waals surface area contributed by atoms with Gasteiger partial charge in [-0.05, 0) is 38.2 Å². The molecule has 0 spiro atoms. The van der Waals surface area contributed by atoms with Crippen molar-refractivity contribution in [2.24, 2.45) is 0 Å². The lowest BCUT2D eigenvalue weighted by molar-refractivity contribution is 0.170. The maximum atomic E-state index is 13.0. The summed E-state index contributed by atoms with van der Waals surface area (Å²) in [6, 6.07) is 4.87. The first-order valence-corrected chi connectivity index (χ1v) is 4.59. The van der Waals surface area contributed by atoms with Gasteiger partial charge in [-0.2, -0.15) is 0 Å². The number of hydrogen-bond donors (Lipinski definition) is 1. The van der Waals surface area contributed by atoms with Gasteiger partial charge in [0, 0.05) is 0 Å². The summed E-state index contributed by atoms with van der Waals surface area (Å²) in [6.07, 6.45) is 0. The van der Waals surface area contributed by atoms with Crippen LogP contribution in [0, 0.1) is 12.7 Å². The lowest BCUT2D eigenvalue weighted by Crippen LogP contribution is -2.23. The maximum Gasteiger partial charge on any atom is 0.126 e. The molecule has 1 unspecified atom stereocenters. The molecule has 1 atom stereocenters. The Bertz CT molecular complexity index is 312. The second-order valence-corrected chi connectivity index (χ2v) is 3.67. The third-order valence-corrected chi connectivity index (χ3v) is 2.36. The molecule has 0 amide bonds. The molecule has 0 aliphatic carbocycles. The number of halogens is 1. The summed E-state index contributed by atoms with van der Waals surface area (Å²) < 4.78 is 13.0. The van der Waals surface area contributed by atoms with Crippen LogP contribution >= 0.6 is 0 Å². The van der Waals surface area contributed by atoms with E-state index in [1.54, 1.807) is 19.1 Å². The van der Waals surface area contributed by atoms with Crippen molar-refractivity contribution in [1.82, 2.24) is 4.90 Å². The van der Waals surface area contributed by atoms with Gasteiger partial charge in [-0.15, -0.1) is 0 Å². The molecule has 1 aromatic carbocycles. The van der Waals surface area contributed by atoms with Crippen LogP contribution in [0.25, 0.3) is 0 Å². The van der Waals surface area contributed by atoms with Crippen LogP contribution in [-0.2, 0) is 0 Å². The lowest BCUT2D eigenvalue weighted by atomic mass is 10.0. The highest BCUT2D eigenvalue weighted by molar-refractivity contribution is 5.26. The molecule has 0 aliphatic rings. The van der Waals surface area contributed by atoms with Gasteiger partial charge in [0.25, 0.3) is 0 Å². The Morgan fingerprint density at radius 2 is 2.07 bits per heavy atom. The molecule has 78 valence electrons. The molecule has 0 bridgehead atoms. The Labute approximate surface area is 84.0 Å². The second-order valence-electron chi connectivity index (χ2n) is 3.67. The molecule has 1 N–H and O–H groups in total. The molecule has 0 fully saturated rings. The van der Waals surface area contributed by atoms with Crippen molar-refractivity contribution >= 4 is 0 Å². The molecular formula is C11H16FNO. The van der Waals surface area contributed by atoms with Crippen molar-refractivity contribution in [2.75, 3.05) is 20.7 Å². The third-order valence-electron chi connectivity index (χ3n) is 2.36. The summed E-state index contributed by atoms with van der Waals surface area (Å²) in [6.45, 7) is 1.76. The molecule has 1 rings (SSSR count). The van der Waals surface area contributed by atoms with Crippen molar-refractivity contribution in [3.8, 4) is 0 Å². The minimum absolute atomic E-state index is 0.0398. The van der Waals surface area contributed by atoms with Crippen molar-refractivity contribution in [3.05, 3.63) is 35.1 Å². The van der Waals surface area contributed by atoms with E-state index in [-0.39, 0.29) is 18.5 Å². The SMILES string of the molecule is Cc1cc(C(CO)N(C)C)ccc1F. The molecule has 0 radical (unpaired) electrons. The molecular weight excluding hydrogens is 181 g/mol. The van der Waals surface area contributed by atoms with E-state index in [2.05, 4.69) is 0 Å². The average molecular weight is 197 g/mol. The molecule has 0 saturated heterocycles. The Kier molecular flexibility index (Phi) is 3.61. The predicted molar refractivity (Wildman–Crippen MR) is 54.7 cm³/mol. The number of likely N-dealkylation sites (N-methyl/N-ethyl adjacent to an activating group) is 1. The van der Waals surface area contributed by atoms with Crippen molar-refractivity contribution < 1.29 is 9.50 Å². The van der Waals surface area contributed by atoms with E-state index >= 15 is 0 Å². The van der Waals surface area contributed by atoms with Crippen LogP contribution in [0.1, 0.15) is 17.2 Å². The molecule has 0 saturated carbocycles. The van der Waals surface area contributed by atoms with Gasteiger partial charge < -0.3 is 10.0 Å². The van der Waals surface area contributed by atoms with E-state index in [0.717, 1.165) is 5.56 Å². The van der Waals surface area contributed by atoms with Gasteiger partial charge in [0.1, 0.15) is 5.82 Å². The highest BCUT2D eigenvalue weighted by Crippen LogP contribution is 2.19. The highest BCUT2D eigenvalue weighted by atomic mass is 19.1. The predicted octanol–water partition coefficient (Wildman–Crippen LogP) is 1.73. The van der Waals surface area contributed by atoms with Gasteiger partial charge in [0.05, 0.1) is 12.6 Å². The highest BCUT2D eigenvalue weighted by Gasteiger charge is 2.13. The monoisotopic (exact) mass is 197 g/mol. The van der Waals surface area contributed by atoms with Crippen molar-refractivity contribution in [3.63, 3.8) is 0 Å². The zero-order chi connectivity index (χ0) is 10.7. The zero-order valence-electron chi connectivity index (χ0n) is 8.79. The maximum absolute atomic E-state index is 13.0. The molecule has 2 nitrogen and oxygen atoms in total. The van der Waals surface area contributed by atoms with Crippen molar-refractivity contribution in [1.29, 1.82) is 0 Å². The molecule has 3 heteroatoms. The minimum Gasteiger partial charge on any atom is -0.394 e. The van der Waals surface area contributed by atoms with E-state index < -0.39 is 0 Å². The van der Waals surface area contributed by atoms with Crippen LogP contribution in [0.3, 0.4) is 0 Å². The Balaban J connectivity index is 3.00. The molecule has 0 heterocycles. The van der Waals surface area contributed by atoms with Crippen LogP contribution in [0.2, 0.25) is 0 Å². The van der Waals surface area contributed by atoms with Crippen LogP contribution in [0.4, 0.5) is 4.39 Å². The molecule has 14 heavy (non-hydrogen) atoms. The number of aliphatic hydroxyl groups is 1. The van der Waals surface area contributed by atoms with Gasteiger partial charge in [-0.1, -0.05) is 12.1 Å². The number of aryl methyl sites for hydroxylation is 1. The van der Waals surface area contributed by atoms with E-state index in [1.807, 2.05) is 19.0 Å². The number of rotatable bonds is 3. The summed E-state index contributed by atoms with van der Waals surface area (Å²) in [7, 11) is 3.78. The zero-order valence-corrected chi connectivity index (χ0v) is 8.79. The average Bonchev–Trinajstić information content (AvgIpc) is 2.11. The third kappa shape index (κ3) is 2.30. The van der Waals surface area contributed by atoms with E-state index in [9.17, 15) is 9.50 Å². The summed E-state index contributed by atoms with van der Waals surface area (Å²) >= 11 is 0. The van der Waals surface area contributed by atoms with Crippen LogP contribution in [0.15, 0.2) is 18.2 Å². The number of hydrogen-bond acceptors (Lipinski definition) is 2. The van der Waals surface area contributed by atoms with Crippen LogP contribution in [-0.4, -0.2) is 30.7 Å². The fourth-order valence-corrected chi connectivity index (χ4v) is 1.44. The Morgan fingerprint density at radius 3 is 2.50 bits per heavy atom. The summed E-state index contributed by atoms with van der Waals surface area (Å²) in [5, 5.41) is 9.17. The number of benzene rings is 1. The van der Waals surface area contributed by atoms with Gasteiger partial charge in [0.2, 0.25) is 0 Å². The number of aliphatic hydroxyl groups excluding tert-OH is 1. The van der Waals surface area contributed by atoms with Gasteiger partial charge in [-0.3, -0.25) is 0 Å². The van der Waals surface area contributed by atoms with E-state index in [4.69, 9.17) is 0 Å². The fraction of sp³-hybridized carbons (Fsp3) is 0.455. The first kappa shape index (κ1) is 11.1. The summed E-state index contributed by atoms with van der Waals surface area (Å²) in [5.74, 6) is -0.204. The minimum atomic E-state index is -0.204. The fourth-order valence-electron chi connectivity index (χ4n) is 1.44. The van der Waals surface area contributed by atoms with E-state index in [1.165, 1.54) is 6.07 Å². The molecule has 0 aromatic heterocycles. The first-order chi connectivity index (χ1) is 6.56. The Morgan fingerprint density at radius 1 is 1.43 bits per heavy atom. The Hall–Kier alpha value is -0.930. The van der Waals surface area contributed by atoms with Crippen LogP contribution < -0.4 is 0 Å². The normalized spacial score (nSPS) is 13.3. The quantitative estimate of drug-likeness (QED) is 0.797. The number of nitrogens with zero attached hydrogens (tertiary/aromatic N) is 1. The molecule has 1 aromatic rings. The summed E-state index contributed by atoms with van der Waals surface area (Å²) in [4.78, 5) is 1.91. The van der Waals surface area contributed by atoms with Gasteiger partial charge >= 0.3 is 0 Å². The smallest absolute Gasteiger partial charge is 0.126 e. The van der Waals surface area contributed by atoms with E-state index in [0.29, 0.717) is 5.56 Å². The standard InChI is InChI=1S/C11H16FNO/c1-8-6-9(4-5-10(8)12)11(7-14)13(2)3/h4-6,11,14H,7H2,1-3H3. The largest absolute Gasteiger partial charge is 0.394 e. The first-order valence-electron chi connectivity index (χ1n) is 4.59. The van der Waals surface area contributed by atoms with Gasteiger partial charge in [-0.25, -0.2) is 4.39 Å².